The minimum atomic E-state index is -3.13. The molecular formula is C8H17ClNO4P. The Morgan fingerprint density at radius 2 is 2.20 bits per heavy atom. The summed E-state index contributed by atoms with van der Waals surface area (Å²) in [5, 5.41) is 0. The zero-order valence-corrected chi connectivity index (χ0v) is 10.5. The van der Waals surface area contributed by atoms with Gasteiger partial charge in [0.1, 0.15) is 5.54 Å². The number of carbonyl (C=O) groups excluding carboxylic acids is 1. The molecule has 0 heterocycles. The maximum atomic E-state index is 11.4. The highest BCUT2D eigenvalue weighted by Gasteiger charge is 2.47. The molecule has 1 aliphatic rings. The van der Waals surface area contributed by atoms with E-state index in [-0.39, 0.29) is 24.5 Å². The second kappa shape index (κ2) is 4.83. The predicted molar refractivity (Wildman–Crippen MR) is 59.6 cm³/mol. The van der Waals surface area contributed by atoms with E-state index < -0.39 is 18.9 Å². The summed E-state index contributed by atoms with van der Waals surface area (Å²) in [7, 11) is -1.86. The zero-order valence-electron chi connectivity index (χ0n) is 8.80. The van der Waals surface area contributed by atoms with Crippen molar-refractivity contribution in [3.8, 4) is 0 Å². The molecule has 1 fully saturated rings. The van der Waals surface area contributed by atoms with E-state index in [4.69, 9.17) is 5.73 Å². The lowest BCUT2D eigenvalue weighted by Gasteiger charge is -2.21. The normalized spacial score (nSPS) is 34.0. The van der Waals surface area contributed by atoms with Gasteiger partial charge in [0.2, 0.25) is 7.37 Å². The van der Waals surface area contributed by atoms with Crippen LogP contribution in [0.25, 0.3) is 0 Å². The summed E-state index contributed by atoms with van der Waals surface area (Å²) in [6.07, 6.45) is 1.17. The molecule has 5 nitrogen and oxygen atoms in total. The fraction of sp³-hybridized carbons (Fsp3) is 0.875. The quantitative estimate of drug-likeness (QED) is 0.562. The van der Waals surface area contributed by atoms with Gasteiger partial charge in [0.25, 0.3) is 0 Å². The highest BCUT2D eigenvalue weighted by molar-refractivity contribution is 7.57. The van der Waals surface area contributed by atoms with Crippen LogP contribution in [0.1, 0.15) is 19.3 Å². The van der Waals surface area contributed by atoms with Crippen LogP contribution in [-0.4, -0.2) is 35.8 Å². The van der Waals surface area contributed by atoms with Crippen molar-refractivity contribution in [1.82, 2.24) is 0 Å². The first-order valence-corrected chi connectivity index (χ1v) is 6.64. The third-order valence-electron chi connectivity index (χ3n) is 2.79. The second-order valence-electron chi connectivity index (χ2n) is 3.99. The van der Waals surface area contributed by atoms with Crippen LogP contribution in [0.15, 0.2) is 0 Å². The maximum absolute atomic E-state index is 11.4. The monoisotopic (exact) mass is 257 g/mol. The van der Waals surface area contributed by atoms with Crippen molar-refractivity contribution >= 4 is 25.7 Å². The number of carbonyl (C=O) groups is 1. The summed E-state index contributed by atoms with van der Waals surface area (Å²) >= 11 is 0. The van der Waals surface area contributed by atoms with E-state index in [9.17, 15) is 14.3 Å². The molecule has 0 spiro atoms. The van der Waals surface area contributed by atoms with Crippen molar-refractivity contribution in [2.45, 2.75) is 30.5 Å². The fourth-order valence-electron chi connectivity index (χ4n) is 1.85. The topological polar surface area (TPSA) is 89.6 Å². The largest absolute Gasteiger partial charge is 0.468 e. The third kappa shape index (κ3) is 3.18. The van der Waals surface area contributed by atoms with Crippen LogP contribution in [0.3, 0.4) is 0 Å². The summed E-state index contributed by atoms with van der Waals surface area (Å²) < 4.78 is 15.9. The van der Waals surface area contributed by atoms with Crippen LogP contribution < -0.4 is 5.73 Å². The van der Waals surface area contributed by atoms with Crippen molar-refractivity contribution in [2.75, 3.05) is 13.8 Å². The SMILES string of the molecule is COC(=O)C1(N)CCC(P(C)(=O)O)C1.Cl. The molecule has 7 heteroatoms. The molecule has 0 aliphatic heterocycles. The van der Waals surface area contributed by atoms with Crippen LogP contribution in [0.5, 0.6) is 0 Å². The van der Waals surface area contributed by atoms with Crippen molar-refractivity contribution in [3.63, 3.8) is 0 Å². The first kappa shape index (κ1) is 14.9. The van der Waals surface area contributed by atoms with Gasteiger partial charge in [0.15, 0.2) is 0 Å². The van der Waals surface area contributed by atoms with Gasteiger partial charge in [-0.3, -0.25) is 9.36 Å². The number of rotatable bonds is 2. The summed E-state index contributed by atoms with van der Waals surface area (Å²) in [4.78, 5) is 20.6. The van der Waals surface area contributed by atoms with Crippen LogP contribution in [-0.2, 0) is 14.1 Å². The molecule has 0 radical (unpaired) electrons. The number of halogens is 1. The zero-order chi connectivity index (χ0) is 11.0. The van der Waals surface area contributed by atoms with Crippen LogP contribution in [0, 0.1) is 0 Å². The van der Waals surface area contributed by atoms with Crippen LogP contribution >= 0.6 is 19.8 Å². The number of ether oxygens (including phenoxy) is 1. The minimum Gasteiger partial charge on any atom is -0.468 e. The van der Waals surface area contributed by atoms with E-state index in [0.717, 1.165) is 0 Å². The molecule has 0 bridgehead atoms. The molecule has 3 N–H and O–H groups in total. The average Bonchev–Trinajstić information content (AvgIpc) is 2.47. The predicted octanol–water partition coefficient (Wildman–Crippen LogP) is 0.731. The number of methoxy groups -OCH3 is 1. The molecule has 0 saturated heterocycles. The molecule has 15 heavy (non-hydrogen) atoms. The maximum Gasteiger partial charge on any atom is 0.325 e. The van der Waals surface area contributed by atoms with Crippen molar-refractivity contribution in [2.24, 2.45) is 5.73 Å². The molecule has 1 aliphatic carbocycles. The Balaban J connectivity index is 0.00000196. The Morgan fingerprint density at radius 1 is 1.67 bits per heavy atom. The number of nitrogens with two attached hydrogens (primary N) is 1. The molecule has 0 aromatic carbocycles. The minimum absolute atomic E-state index is 0. The van der Waals surface area contributed by atoms with Gasteiger partial charge in [0.05, 0.1) is 7.11 Å². The smallest absolute Gasteiger partial charge is 0.325 e. The van der Waals surface area contributed by atoms with Gasteiger partial charge in [-0.15, -0.1) is 12.4 Å². The Bertz CT molecular complexity index is 292. The third-order valence-corrected chi connectivity index (χ3v) is 4.59. The summed E-state index contributed by atoms with van der Waals surface area (Å²) in [5.74, 6) is -0.492. The van der Waals surface area contributed by atoms with Gasteiger partial charge in [-0.2, -0.15) is 0 Å². The highest BCUT2D eigenvalue weighted by atomic mass is 35.5. The lowest BCUT2D eigenvalue weighted by molar-refractivity contribution is -0.146. The van der Waals surface area contributed by atoms with Gasteiger partial charge in [-0.05, 0) is 19.3 Å². The van der Waals surface area contributed by atoms with E-state index >= 15 is 0 Å². The highest BCUT2D eigenvalue weighted by Crippen LogP contribution is 2.51. The first-order valence-electron chi connectivity index (χ1n) is 4.47. The van der Waals surface area contributed by atoms with Gasteiger partial charge in [-0.25, -0.2) is 0 Å². The lowest BCUT2D eigenvalue weighted by Crippen LogP contribution is -2.46. The van der Waals surface area contributed by atoms with E-state index in [1.807, 2.05) is 0 Å². The summed E-state index contributed by atoms with van der Waals surface area (Å²) in [5.41, 5.74) is 4.36. The van der Waals surface area contributed by atoms with E-state index in [1.54, 1.807) is 0 Å². The first-order chi connectivity index (χ1) is 6.29. The molecule has 3 atom stereocenters. The molecule has 0 aromatic heterocycles. The lowest BCUT2D eigenvalue weighted by atomic mass is 10.00. The van der Waals surface area contributed by atoms with E-state index in [1.165, 1.54) is 13.8 Å². The molecular weight excluding hydrogens is 241 g/mol. The van der Waals surface area contributed by atoms with Crippen LogP contribution in [0.2, 0.25) is 0 Å². The fourth-order valence-corrected chi connectivity index (χ4v) is 3.12. The van der Waals surface area contributed by atoms with Crippen LogP contribution in [0.4, 0.5) is 0 Å². The standard InChI is InChI=1S/C8H16NO4P.ClH/c1-13-7(10)8(9)4-3-6(5-8)14(2,11)12;/h6H,3-5,9H2,1-2H3,(H,11,12);1H. The molecule has 3 unspecified atom stereocenters. The van der Waals surface area contributed by atoms with Gasteiger partial charge in [0, 0.05) is 12.3 Å². The van der Waals surface area contributed by atoms with Gasteiger partial charge < -0.3 is 15.4 Å². The molecule has 1 rings (SSSR count). The molecule has 90 valence electrons. The molecule has 0 aromatic rings. The number of esters is 1. The Hall–Kier alpha value is -0.0900. The van der Waals surface area contributed by atoms with Crippen molar-refractivity contribution in [1.29, 1.82) is 0 Å². The van der Waals surface area contributed by atoms with E-state index in [2.05, 4.69) is 4.74 Å². The van der Waals surface area contributed by atoms with Gasteiger partial charge in [-0.1, -0.05) is 0 Å². The molecule has 1 saturated carbocycles. The Morgan fingerprint density at radius 3 is 2.53 bits per heavy atom. The summed E-state index contributed by atoms with van der Waals surface area (Å²) in [6, 6.07) is 0. The van der Waals surface area contributed by atoms with Gasteiger partial charge >= 0.3 is 5.97 Å². The van der Waals surface area contributed by atoms with E-state index in [0.29, 0.717) is 12.8 Å². The number of hydrogen-bond acceptors (Lipinski definition) is 4. The van der Waals surface area contributed by atoms with Crippen molar-refractivity contribution in [3.05, 3.63) is 0 Å². The Labute approximate surface area is 95.2 Å². The Kier molecular flexibility index (Phi) is 4.80. The summed E-state index contributed by atoms with van der Waals surface area (Å²) in [6.45, 7) is 1.31. The number of hydrogen-bond donors (Lipinski definition) is 2. The second-order valence-corrected chi connectivity index (χ2v) is 6.60. The molecule has 0 amide bonds. The average molecular weight is 258 g/mol. The van der Waals surface area contributed by atoms with Crippen molar-refractivity contribution < 1.29 is 19.0 Å².